The number of Topliss-reactive ketones (excluding diaryl/α,β-unsaturated/α-hetero) is 7. The summed E-state index contributed by atoms with van der Waals surface area (Å²) >= 11 is 0. The molecule has 0 saturated carbocycles. The lowest BCUT2D eigenvalue weighted by Crippen LogP contribution is -2.68. The number of carbonyl (C=O) groups excluding carboxylic acids is 20. The predicted molar refractivity (Wildman–Crippen MR) is 472 cm³/mol. The van der Waals surface area contributed by atoms with Crippen LogP contribution in [0.2, 0.25) is 0 Å². The summed E-state index contributed by atoms with van der Waals surface area (Å²) in [7, 11) is 0. The van der Waals surface area contributed by atoms with Crippen LogP contribution in [0, 0.1) is 0 Å². The first-order valence-corrected chi connectivity index (χ1v) is 44.6. The highest BCUT2D eigenvalue weighted by Crippen LogP contribution is 2.34. The Hall–Kier alpha value is -12.4. The predicted octanol–water partition coefficient (Wildman–Crippen LogP) is -9.89. The van der Waals surface area contributed by atoms with Gasteiger partial charge < -0.3 is 157 Å². The minimum atomic E-state index is -1.70. The molecule has 0 aromatic heterocycles. The molecule has 3 fully saturated rings. The highest BCUT2D eigenvalue weighted by molar-refractivity contribution is 5.98. The van der Waals surface area contributed by atoms with Crippen LogP contribution < -0.4 is 42.5 Å². The molecule has 56 heteroatoms. The SMILES string of the molecule is C.CCN(CC(=O)O)C(=O)CCC(=O)CNC(=O)CCCCC(=O)CCCCO[C@@H]1OC(CO)[C@H](O)C(O[C@H]2OC(CO)[C@H](O)C(O)[C@@H]2NC(C)=O)[C@@H]1O[C@H]1C[C@@H](O)[C@H](O)C(C)O1.CCNC(=O)CCC(=O)CNC(=O)CN(CC(=O)O)C(=O)CCC(=O)CNC(=O)CN(CC(=O)O)C(=O)CCC(=O)CNC(=O)CN(CC(=O)O)C(=O)CCC(=O)CNC(=O)CN(CC(=O)O)C(=O)CCC(=O)CNC(C)=O. The van der Waals surface area contributed by atoms with Gasteiger partial charge in [-0.15, -0.1) is 0 Å². The van der Waals surface area contributed by atoms with E-state index in [1.54, 1.807) is 13.8 Å². The molecule has 3 rings (SSSR count). The van der Waals surface area contributed by atoms with E-state index >= 15 is 0 Å². The van der Waals surface area contributed by atoms with Crippen molar-refractivity contribution >= 4 is 147 Å². The number of aliphatic hydroxyl groups excluding tert-OH is 7. The molecular formula is C85H133N13O43. The molecule has 0 aromatic carbocycles. The maximum atomic E-state index is 12.9. The molecule has 20 N–H and O–H groups in total. The summed E-state index contributed by atoms with van der Waals surface area (Å²) in [6.07, 6.45) is -21.8. The van der Waals surface area contributed by atoms with Gasteiger partial charge in [-0.3, -0.25) is 120 Å². The Balaban J connectivity index is 0.00000143. The van der Waals surface area contributed by atoms with Crippen LogP contribution in [-0.4, -0.2) is 450 Å². The summed E-state index contributed by atoms with van der Waals surface area (Å²) < 4.78 is 35.6. The third kappa shape index (κ3) is 52.6. The Kier molecular flexibility index (Phi) is 61.0. The molecule has 3 saturated heterocycles. The molecule has 0 radical (unpaired) electrons. The van der Waals surface area contributed by atoms with Crippen molar-refractivity contribution in [3.8, 4) is 0 Å². The van der Waals surface area contributed by atoms with Crippen LogP contribution >= 0.6 is 0 Å². The van der Waals surface area contributed by atoms with Crippen molar-refractivity contribution in [3.05, 3.63) is 0 Å². The van der Waals surface area contributed by atoms with Crippen molar-refractivity contribution in [1.82, 2.24) is 67.0 Å². The molecule has 13 amide bonds. The maximum absolute atomic E-state index is 12.9. The number of ether oxygens (including phenoxy) is 6. The van der Waals surface area contributed by atoms with E-state index in [2.05, 4.69) is 42.5 Å². The van der Waals surface area contributed by atoms with Gasteiger partial charge in [0.25, 0.3) is 0 Å². The highest BCUT2D eigenvalue weighted by atomic mass is 16.8. The summed E-state index contributed by atoms with van der Waals surface area (Å²) in [5.74, 6) is -21.6. The lowest BCUT2D eigenvalue weighted by atomic mass is 9.95. The Morgan fingerprint density at radius 3 is 1.02 bits per heavy atom. The second kappa shape index (κ2) is 67.9. The summed E-state index contributed by atoms with van der Waals surface area (Å²) in [6, 6.07) is -1.41. The highest BCUT2D eigenvalue weighted by Gasteiger charge is 2.54. The van der Waals surface area contributed by atoms with E-state index in [1.165, 1.54) is 6.92 Å². The molecule has 3 heterocycles. The number of aliphatic carboxylic acids is 5. The van der Waals surface area contributed by atoms with Gasteiger partial charge in [0.05, 0.1) is 64.7 Å². The van der Waals surface area contributed by atoms with Crippen molar-refractivity contribution in [2.75, 3.05) is 131 Å². The average molecular weight is 2030 g/mol. The van der Waals surface area contributed by atoms with Crippen LogP contribution in [0.25, 0.3) is 0 Å². The largest absolute Gasteiger partial charge is 0.480 e. The smallest absolute Gasteiger partial charge is 0.323 e. The second-order valence-electron chi connectivity index (χ2n) is 32.3. The van der Waals surface area contributed by atoms with Gasteiger partial charge in [0.15, 0.2) is 53.6 Å². The van der Waals surface area contributed by atoms with E-state index in [0.29, 0.717) is 51.8 Å². The van der Waals surface area contributed by atoms with Gasteiger partial charge >= 0.3 is 29.8 Å². The lowest BCUT2D eigenvalue weighted by Gasteiger charge is -2.49. The molecule has 14 atom stereocenters. The minimum absolute atomic E-state index is 0. The summed E-state index contributed by atoms with van der Waals surface area (Å²) in [5, 5.41) is 137. The van der Waals surface area contributed by atoms with Crippen molar-refractivity contribution in [2.45, 2.75) is 256 Å². The number of likely N-dealkylation sites (N-methyl/N-ethyl adjacent to an activating group) is 1. The van der Waals surface area contributed by atoms with Gasteiger partial charge in [-0.2, -0.15) is 0 Å². The molecule has 0 spiro atoms. The zero-order chi connectivity index (χ0) is 106. The van der Waals surface area contributed by atoms with Crippen LogP contribution in [0.3, 0.4) is 0 Å². The van der Waals surface area contributed by atoms with Crippen LogP contribution in [0.4, 0.5) is 0 Å². The number of carbonyl (C=O) groups is 25. The fourth-order valence-electron chi connectivity index (χ4n) is 13.3. The summed E-state index contributed by atoms with van der Waals surface area (Å²) in [6.45, 7) is -5.25. The number of carboxylic acid groups (broad SMARTS) is 5. The van der Waals surface area contributed by atoms with Crippen molar-refractivity contribution in [1.29, 1.82) is 0 Å². The number of nitrogens with one attached hydrogen (secondary N) is 8. The van der Waals surface area contributed by atoms with Gasteiger partial charge in [-0.25, -0.2) is 0 Å². The quantitative estimate of drug-likeness (QED) is 0.0251. The fraction of sp³-hybridized carbons (Fsp3) is 0.706. The number of carboxylic acids is 5. The van der Waals surface area contributed by atoms with Crippen molar-refractivity contribution in [3.63, 3.8) is 0 Å². The molecule has 796 valence electrons. The lowest BCUT2D eigenvalue weighted by molar-refractivity contribution is -0.375. The zero-order valence-corrected chi connectivity index (χ0v) is 78.1. The van der Waals surface area contributed by atoms with Gasteiger partial charge in [-0.05, 0) is 46.5 Å². The number of hydrogen-bond donors (Lipinski definition) is 20. The van der Waals surface area contributed by atoms with E-state index < -0.39 is 359 Å². The Bertz CT molecular complexity index is 4260. The first-order chi connectivity index (χ1) is 65.9. The molecule has 3 aliphatic heterocycles. The van der Waals surface area contributed by atoms with Crippen LogP contribution in [0.1, 0.15) is 170 Å². The van der Waals surface area contributed by atoms with E-state index in [0.717, 1.165) is 18.7 Å². The van der Waals surface area contributed by atoms with Gasteiger partial charge in [0.1, 0.15) is 120 Å². The van der Waals surface area contributed by atoms with Gasteiger partial charge in [0, 0.05) is 136 Å². The first kappa shape index (κ1) is 127. The maximum Gasteiger partial charge on any atom is 0.323 e. The molecule has 0 aromatic rings. The molecule has 5 unspecified atom stereocenters. The minimum Gasteiger partial charge on any atom is -0.480 e. The normalized spacial score (nSPS) is 19.9. The Morgan fingerprint density at radius 2 is 0.667 bits per heavy atom. The Morgan fingerprint density at radius 1 is 0.333 bits per heavy atom. The van der Waals surface area contributed by atoms with E-state index in [4.69, 9.17) is 38.6 Å². The monoisotopic (exact) mass is 2020 g/mol. The number of amides is 13. The topological polar surface area (TPSA) is 837 Å². The molecule has 56 nitrogen and oxygen atoms in total. The van der Waals surface area contributed by atoms with Crippen LogP contribution in [0.15, 0.2) is 0 Å². The molecule has 141 heavy (non-hydrogen) atoms. The number of nitrogens with zero attached hydrogens (tertiary/aromatic N) is 5. The summed E-state index contributed by atoms with van der Waals surface area (Å²) in [5.41, 5.74) is 0. The third-order valence-corrected chi connectivity index (χ3v) is 20.7. The number of aliphatic hydroxyl groups is 7. The first-order valence-electron chi connectivity index (χ1n) is 44.6. The zero-order valence-electron chi connectivity index (χ0n) is 78.1. The van der Waals surface area contributed by atoms with E-state index in [9.17, 15) is 171 Å². The van der Waals surface area contributed by atoms with Crippen molar-refractivity contribution < 1.29 is 210 Å². The Labute approximate surface area is 808 Å². The number of rotatable bonds is 68. The number of hydrogen-bond acceptors (Lipinski definition) is 38. The number of ketones is 7. The van der Waals surface area contributed by atoms with Gasteiger partial charge in [0.2, 0.25) is 76.8 Å². The van der Waals surface area contributed by atoms with Crippen LogP contribution in [-0.2, 0) is 148 Å². The number of unbranched alkanes of at least 4 members (excludes halogenated alkanes) is 2. The fourth-order valence-corrected chi connectivity index (χ4v) is 13.3. The molecule has 3 aliphatic rings. The van der Waals surface area contributed by atoms with Gasteiger partial charge in [-0.1, -0.05) is 7.43 Å². The molecule has 0 bridgehead atoms. The van der Waals surface area contributed by atoms with E-state index in [1.807, 2.05) is 0 Å². The van der Waals surface area contributed by atoms with Crippen molar-refractivity contribution in [2.24, 2.45) is 0 Å². The summed E-state index contributed by atoms with van der Waals surface area (Å²) in [4.78, 5) is 305. The standard InChI is InChI=1S/C45H64N10O23.C39H65N3O20.CH4/c1-3-46-33(62)9-4-28(57)15-48-34(63)19-53(24-43(73)74)39(68)11-6-30(59)17-50-36(65)21-55(26-45(77)78)41(70)13-8-32(61)18-51-37(66)22-54(25-44(75)76)40(69)12-7-31(60)16-49-35(64)20-52(23-42(71)72)38(67)10-5-29(58)14-47-27(2)56;1-4-42(17-29(51)52)28(50)13-12-23(47)16-40-27(49)11-6-5-9-22(46)10-7-8-14-57-39-37(61-30-15-24(48)32(53)20(2)58-30)36(34(55)26(19-44)60-39)62-38-31(41-21(3)45)35(56)33(54)25(18-43)59-38;/h3-26H2,1-2H3,(H,46,62)(H,47,56)(H,48,63)(H,49,64)(H,50,65)(H,51,66)(H,71,72)(H,73,74)(H,75,76)(H,77,78);20,24-26,30-39,43-44,48,53-56H,4-19H2,1-3H3,(H,40,49)(H,41,45)(H,51,52);1H4/t;20?,24-,25?,26?,30+,31+,32-,33+,34+,35?,36?,37+,38-,39-;/m.1./s1. The molecular weight excluding hydrogens is 1890 g/mol. The van der Waals surface area contributed by atoms with Crippen LogP contribution in [0.5, 0.6) is 0 Å². The third-order valence-electron chi connectivity index (χ3n) is 20.7. The average Bonchev–Trinajstić information content (AvgIpc) is 0.771. The second-order valence-corrected chi connectivity index (χ2v) is 32.3. The van der Waals surface area contributed by atoms with E-state index in [-0.39, 0.29) is 109 Å². The molecule has 0 aliphatic carbocycles.